The molecule has 0 aliphatic rings. The van der Waals surface area contributed by atoms with E-state index in [0.717, 1.165) is 12.3 Å². The van der Waals surface area contributed by atoms with E-state index in [2.05, 4.69) is 9.97 Å². The second-order valence-electron chi connectivity index (χ2n) is 5.08. The highest BCUT2D eigenvalue weighted by Gasteiger charge is 2.30. The van der Waals surface area contributed by atoms with Crippen LogP contribution in [0.1, 0.15) is 21.6 Å². The van der Waals surface area contributed by atoms with Crippen LogP contribution in [0, 0.1) is 0 Å². The van der Waals surface area contributed by atoms with E-state index in [1.165, 1.54) is 36.0 Å². The number of imidazole rings is 1. The number of alkyl halides is 3. The van der Waals surface area contributed by atoms with E-state index in [-0.39, 0.29) is 23.8 Å². The van der Waals surface area contributed by atoms with Crippen LogP contribution in [-0.2, 0) is 12.8 Å². The average molecular weight is 351 g/mol. The third-order valence-corrected chi connectivity index (χ3v) is 3.41. The molecule has 0 spiro atoms. The highest BCUT2D eigenvalue weighted by molar-refractivity contribution is 5.79. The van der Waals surface area contributed by atoms with Crippen LogP contribution in [0.4, 0.5) is 13.2 Å². The third-order valence-electron chi connectivity index (χ3n) is 3.41. The Balaban J connectivity index is 1.81. The fourth-order valence-corrected chi connectivity index (χ4v) is 2.20. The summed E-state index contributed by atoms with van der Waals surface area (Å²) in [6, 6.07) is 3.66. The number of methoxy groups -OCH3 is 1. The molecule has 3 rings (SSSR count). The monoisotopic (exact) mass is 351 g/mol. The van der Waals surface area contributed by atoms with Gasteiger partial charge in [0.25, 0.3) is 0 Å². The molecule has 0 N–H and O–H groups in total. The van der Waals surface area contributed by atoms with Crippen molar-refractivity contribution in [2.75, 3.05) is 7.11 Å². The highest BCUT2D eigenvalue weighted by Crippen LogP contribution is 2.29. The van der Waals surface area contributed by atoms with Gasteiger partial charge in [-0.1, -0.05) is 0 Å². The van der Waals surface area contributed by atoms with Crippen molar-refractivity contribution >= 4 is 11.9 Å². The van der Waals surface area contributed by atoms with Gasteiger partial charge in [-0.3, -0.25) is 4.79 Å². The van der Waals surface area contributed by atoms with Crippen molar-refractivity contribution in [3.05, 3.63) is 53.6 Å². The fourth-order valence-electron chi connectivity index (χ4n) is 2.20. The number of fused-ring (bicyclic) bond motifs is 1. The molecular formula is C16H12F3N3O3. The first-order valence-corrected chi connectivity index (χ1v) is 7.07. The summed E-state index contributed by atoms with van der Waals surface area (Å²) in [5, 5.41) is 0. The van der Waals surface area contributed by atoms with E-state index >= 15 is 0 Å². The van der Waals surface area contributed by atoms with Gasteiger partial charge in [-0.25, -0.2) is 9.97 Å². The molecule has 0 saturated carbocycles. The highest BCUT2D eigenvalue weighted by atomic mass is 19.4. The molecule has 0 bridgehead atoms. The first-order valence-electron chi connectivity index (χ1n) is 7.07. The zero-order valence-electron chi connectivity index (χ0n) is 12.9. The van der Waals surface area contributed by atoms with Crippen molar-refractivity contribution in [2.45, 2.75) is 12.8 Å². The SMILES string of the molecule is COc1cc(C=O)c(OCc2cn3cc(C(F)(F)F)ccc3n2)cn1. The van der Waals surface area contributed by atoms with E-state index in [4.69, 9.17) is 9.47 Å². The molecule has 0 amide bonds. The average Bonchev–Trinajstić information content (AvgIpc) is 3.01. The van der Waals surface area contributed by atoms with E-state index in [0.29, 0.717) is 17.6 Å². The van der Waals surface area contributed by atoms with Crippen molar-refractivity contribution in [2.24, 2.45) is 0 Å². The van der Waals surface area contributed by atoms with Crippen LogP contribution in [-0.4, -0.2) is 27.8 Å². The Labute approximate surface area is 139 Å². The molecule has 0 radical (unpaired) electrons. The van der Waals surface area contributed by atoms with Gasteiger partial charge < -0.3 is 13.9 Å². The number of rotatable bonds is 5. The zero-order valence-corrected chi connectivity index (χ0v) is 12.9. The van der Waals surface area contributed by atoms with Crippen molar-refractivity contribution in [3.8, 4) is 11.6 Å². The molecule has 0 fully saturated rings. The summed E-state index contributed by atoms with van der Waals surface area (Å²) in [6.45, 7) is -0.0299. The maximum absolute atomic E-state index is 12.7. The predicted octanol–water partition coefficient (Wildman–Crippen LogP) is 3.15. The summed E-state index contributed by atoms with van der Waals surface area (Å²) in [5.41, 5.74) is 0.240. The van der Waals surface area contributed by atoms with Crippen molar-refractivity contribution in [3.63, 3.8) is 0 Å². The number of nitrogens with zero attached hydrogens (tertiary/aromatic N) is 3. The van der Waals surface area contributed by atoms with Gasteiger partial charge in [0.05, 0.1) is 30.1 Å². The summed E-state index contributed by atoms with van der Waals surface area (Å²) in [6.07, 6.45) is -0.110. The lowest BCUT2D eigenvalue weighted by Crippen LogP contribution is -2.05. The number of pyridine rings is 2. The molecule has 0 atom stereocenters. The Kier molecular flexibility index (Phi) is 4.30. The number of ether oxygens (including phenoxy) is 2. The molecular weight excluding hydrogens is 339 g/mol. The summed E-state index contributed by atoms with van der Waals surface area (Å²) in [4.78, 5) is 19.2. The van der Waals surface area contributed by atoms with Crippen LogP contribution >= 0.6 is 0 Å². The largest absolute Gasteiger partial charge is 0.485 e. The van der Waals surface area contributed by atoms with Gasteiger partial charge in [0.1, 0.15) is 18.0 Å². The maximum atomic E-state index is 12.7. The first-order chi connectivity index (χ1) is 11.9. The Hall–Kier alpha value is -3.10. The molecule has 3 heterocycles. The molecule has 130 valence electrons. The lowest BCUT2D eigenvalue weighted by atomic mass is 10.2. The Bertz CT molecular complexity index is 922. The van der Waals surface area contributed by atoms with Crippen molar-refractivity contribution in [1.82, 2.24) is 14.4 Å². The van der Waals surface area contributed by atoms with Gasteiger partial charge in [-0.2, -0.15) is 13.2 Å². The maximum Gasteiger partial charge on any atom is 0.417 e. The van der Waals surface area contributed by atoms with Gasteiger partial charge in [0.15, 0.2) is 6.29 Å². The Morgan fingerprint density at radius 1 is 1.28 bits per heavy atom. The molecule has 0 aliphatic heterocycles. The lowest BCUT2D eigenvalue weighted by Gasteiger charge is -2.07. The molecule has 25 heavy (non-hydrogen) atoms. The number of aldehydes is 1. The summed E-state index contributed by atoms with van der Waals surface area (Å²) < 4.78 is 49.9. The number of carbonyl (C=O) groups excluding carboxylic acids is 1. The summed E-state index contributed by atoms with van der Waals surface area (Å²) in [5.74, 6) is 0.491. The lowest BCUT2D eigenvalue weighted by molar-refractivity contribution is -0.137. The number of halogens is 3. The van der Waals surface area contributed by atoms with Crippen molar-refractivity contribution in [1.29, 1.82) is 0 Å². The standard InChI is InChI=1S/C16H12F3N3O3/c1-24-15-4-10(8-23)13(5-20-15)25-9-12-7-22-6-11(16(17,18)19)2-3-14(22)21-12/h2-8H,9H2,1H3. The smallest absolute Gasteiger partial charge is 0.417 e. The Morgan fingerprint density at radius 2 is 2.08 bits per heavy atom. The molecule has 3 aromatic heterocycles. The molecule has 0 saturated heterocycles. The molecule has 0 aliphatic carbocycles. The van der Waals surface area contributed by atoms with E-state index in [1.807, 2.05) is 0 Å². The number of hydrogen-bond donors (Lipinski definition) is 0. The third kappa shape index (κ3) is 3.54. The van der Waals surface area contributed by atoms with Gasteiger partial charge in [-0.15, -0.1) is 0 Å². The van der Waals surface area contributed by atoms with Crippen LogP contribution in [0.5, 0.6) is 11.6 Å². The second-order valence-corrected chi connectivity index (χ2v) is 5.08. The number of aromatic nitrogens is 3. The second kappa shape index (κ2) is 6.42. The van der Waals surface area contributed by atoms with Crippen LogP contribution < -0.4 is 9.47 Å². The topological polar surface area (TPSA) is 65.7 Å². The molecule has 9 heteroatoms. The van der Waals surface area contributed by atoms with E-state index in [1.54, 1.807) is 0 Å². The van der Waals surface area contributed by atoms with Crippen LogP contribution in [0.25, 0.3) is 5.65 Å². The summed E-state index contributed by atoms with van der Waals surface area (Å²) in [7, 11) is 1.42. The van der Waals surface area contributed by atoms with Gasteiger partial charge >= 0.3 is 6.18 Å². The van der Waals surface area contributed by atoms with Crippen molar-refractivity contribution < 1.29 is 27.4 Å². The predicted molar refractivity (Wildman–Crippen MR) is 80.7 cm³/mol. The van der Waals surface area contributed by atoms with Gasteiger partial charge in [0.2, 0.25) is 5.88 Å². The minimum atomic E-state index is -4.43. The molecule has 0 unspecified atom stereocenters. The van der Waals surface area contributed by atoms with Crippen LogP contribution in [0.15, 0.2) is 36.8 Å². The van der Waals surface area contributed by atoms with Gasteiger partial charge in [-0.05, 0) is 12.1 Å². The quantitative estimate of drug-likeness (QED) is 0.661. The Morgan fingerprint density at radius 3 is 2.76 bits per heavy atom. The molecule has 6 nitrogen and oxygen atoms in total. The van der Waals surface area contributed by atoms with Crippen LogP contribution in [0.3, 0.4) is 0 Å². The molecule has 0 aromatic carbocycles. The van der Waals surface area contributed by atoms with Gasteiger partial charge in [0, 0.05) is 18.5 Å². The zero-order chi connectivity index (χ0) is 18.0. The minimum Gasteiger partial charge on any atom is -0.485 e. The van der Waals surface area contributed by atoms with E-state index in [9.17, 15) is 18.0 Å². The first kappa shape index (κ1) is 16.7. The minimum absolute atomic E-state index is 0.0299. The van der Waals surface area contributed by atoms with Crippen LogP contribution in [0.2, 0.25) is 0 Å². The summed E-state index contributed by atoms with van der Waals surface area (Å²) >= 11 is 0. The fraction of sp³-hybridized carbons (Fsp3) is 0.188. The number of carbonyl (C=O) groups is 1. The molecule has 3 aromatic rings. The normalized spacial score (nSPS) is 11.5. The number of hydrogen-bond acceptors (Lipinski definition) is 5. The van der Waals surface area contributed by atoms with E-state index < -0.39 is 11.7 Å².